The van der Waals surface area contributed by atoms with Gasteiger partial charge in [0.25, 0.3) is 0 Å². The van der Waals surface area contributed by atoms with Gasteiger partial charge in [-0.25, -0.2) is 4.79 Å². The number of nitrogens with zero attached hydrogens (tertiary/aromatic N) is 1. The Balaban J connectivity index is 1.44. The van der Waals surface area contributed by atoms with Crippen molar-refractivity contribution in [1.82, 2.24) is 15.2 Å². The van der Waals surface area contributed by atoms with Crippen molar-refractivity contribution < 1.29 is 9.53 Å². The molecule has 0 unspecified atom stereocenters. The quantitative estimate of drug-likeness (QED) is 0.469. The molecule has 162 valence electrons. The third-order valence-corrected chi connectivity index (χ3v) is 6.26. The number of H-pyrrole nitrogens is 1. The summed E-state index contributed by atoms with van der Waals surface area (Å²) in [6.07, 6.45) is 1.64. The highest BCUT2D eigenvalue weighted by Crippen LogP contribution is 2.38. The highest BCUT2D eigenvalue weighted by atomic mass is 16.5. The number of ether oxygens (including phenoxy) is 1. The second kappa shape index (κ2) is 8.79. The van der Waals surface area contributed by atoms with Crippen LogP contribution in [0.4, 0.5) is 4.79 Å². The molecule has 0 saturated carbocycles. The Morgan fingerprint density at radius 2 is 1.78 bits per heavy atom. The van der Waals surface area contributed by atoms with Gasteiger partial charge in [0, 0.05) is 29.7 Å². The first-order valence-electron chi connectivity index (χ1n) is 11.1. The average molecular weight is 426 g/mol. The Morgan fingerprint density at radius 3 is 2.56 bits per heavy atom. The molecule has 0 radical (unpaired) electrons. The van der Waals surface area contributed by atoms with E-state index in [1.165, 1.54) is 16.5 Å². The van der Waals surface area contributed by atoms with Crippen molar-refractivity contribution in [2.75, 3.05) is 20.2 Å². The fourth-order valence-corrected chi connectivity index (χ4v) is 4.65. The molecule has 5 rings (SSSR count). The molecule has 2 heterocycles. The Labute approximate surface area is 188 Å². The highest BCUT2D eigenvalue weighted by molar-refractivity contribution is 5.86. The molecule has 5 heteroatoms. The molecule has 1 aliphatic rings. The number of urea groups is 1. The Hall–Kier alpha value is -3.73. The van der Waals surface area contributed by atoms with E-state index in [9.17, 15) is 4.79 Å². The van der Waals surface area contributed by atoms with Crippen LogP contribution in [0.15, 0.2) is 78.9 Å². The van der Waals surface area contributed by atoms with Gasteiger partial charge in [-0.2, -0.15) is 0 Å². The van der Waals surface area contributed by atoms with Crippen molar-refractivity contribution in [1.29, 1.82) is 0 Å². The van der Waals surface area contributed by atoms with E-state index in [0.717, 1.165) is 35.4 Å². The number of aromatic nitrogens is 1. The lowest BCUT2D eigenvalue weighted by atomic mass is 9.92. The molecule has 1 aromatic heterocycles. The first kappa shape index (κ1) is 20.2. The number of carbonyl (C=O) groups is 1. The van der Waals surface area contributed by atoms with Crippen LogP contribution in [0.1, 0.15) is 28.4 Å². The molecule has 3 aromatic carbocycles. The maximum absolute atomic E-state index is 13.3. The second-order valence-corrected chi connectivity index (χ2v) is 8.15. The minimum Gasteiger partial charge on any atom is -0.497 e. The van der Waals surface area contributed by atoms with Gasteiger partial charge in [-0.15, -0.1) is 0 Å². The van der Waals surface area contributed by atoms with Crippen LogP contribution in [0.5, 0.6) is 5.75 Å². The molecule has 4 aromatic rings. The maximum Gasteiger partial charge on any atom is 0.318 e. The monoisotopic (exact) mass is 425 g/mol. The van der Waals surface area contributed by atoms with Gasteiger partial charge < -0.3 is 19.9 Å². The fourth-order valence-electron chi connectivity index (χ4n) is 4.65. The summed E-state index contributed by atoms with van der Waals surface area (Å²) in [4.78, 5) is 18.9. The zero-order chi connectivity index (χ0) is 21.9. The topological polar surface area (TPSA) is 57.4 Å². The number of aromatic amines is 1. The first-order chi connectivity index (χ1) is 15.7. The van der Waals surface area contributed by atoms with Gasteiger partial charge >= 0.3 is 6.03 Å². The Kier molecular flexibility index (Phi) is 5.55. The number of methoxy groups -OCH3 is 1. The van der Waals surface area contributed by atoms with Crippen molar-refractivity contribution in [2.45, 2.75) is 18.9 Å². The summed E-state index contributed by atoms with van der Waals surface area (Å²) < 4.78 is 5.34. The van der Waals surface area contributed by atoms with Crippen LogP contribution in [-0.2, 0) is 12.8 Å². The molecule has 2 N–H and O–H groups in total. The van der Waals surface area contributed by atoms with Crippen LogP contribution in [-0.4, -0.2) is 36.1 Å². The van der Waals surface area contributed by atoms with Crippen molar-refractivity contribution in [3.05, 3.63) is 101 Å². The van der Waals surface area contributed by atoms with Gasteiger partial charge in [-0.3, -0.25) is 0 Å². The molecule has 2 amide bonds. The van der Waals surface area contributed by atoms with E-state index in [1.54, 1.807) is 7.11 Å². The van der Waals surface area contributed by atoms with Crippen LogP contribution in [0.3, 0.4) is 0 Å². The van der Waals surface area contributed by atoms with E-state index in [0.29, 0.717) is 13.1 Å². The standard InChI is InChI=1S/C27H27N3O2/c1-32-21-13-11-20(12-14-21)26-25-23(22-9-5-6-10-24(22)29-25)16-18-30(26)27(31)28-17-15-19-7-3-2-4-8-19/h2-14,26,29H,15-18H2,1H3,(H,28,31)/t26-/m0/s1. The number of hydrogen-bond donors (Lipinski definition) is 2. The van der Waals surface area contributed by atoms with Crippen LogP contribution >= 0.6 is 0 Å². The summed E-state index contributed by atoms with van der Waals surface area (Å²) in [6, 6.07) is 26.4. The van der Waals surface area contributed by atoms with Crippen molar-refractivity contribution in [2.24, 2.45) is 0 Å². The van der Waals surface area contributed by atoms with E-state index < -0.39 is 0 Å². The number of rotatable bonds is 5. The molecular formula is C27H27N3O2. The summed E-state index contributed by atoms with van der Waals surface area (Å²) in [5.74, 6) is 0.806. The fraction of sp³-hybridized carbons (Fsp3) is 0.222. The van der Waals surface area contributed by atoms with E-state index in [2.05, 4.69) is 40.6 Å². The summed E-state index contributed by atoms with van der Waals surface area (Å²) in [7, 11) is 1.66. The van der Waals surface area contributed by atoms with Gasteiger partial charge in [-0.1, -0.05) is 60.7 Å². The smallest absolute Gasteiger partial charge is 0.318 e. The predicted octanol–water partition coefficient (Wildman–Crippen LogP) is 5.08. The molecule has 32 heavy (non-hydrogen) atoms. The molecule has 0 aliphatic carbocycles. The van der Waals surface area contributed by atoms with Gasteiger partial charge in [0.2, 0.25) is 0 Å². The van der Waals surface area contributed by atoms with Crippen LogP contribution in [0, 0.1) is 0 Å². The van der Waals surface area contributed by atoms with E-state index in [4.69, 9.17) is 4.74 Å². The van der Waals surface area contributed by atoms with Crippen molar-refractivity contribution in [3.8, 4) is 5.75 Å². The summed E-state index contributed by atoms with van der Waals surface area (Å²) >= 11 is 0. The first-order valence-corrected chi connectivity index (χ1v) is 11.1. The predicted molar refractivity (Wildman–Crippen MR) is 127 cm³/mol. The summed E-state index contributed by atoms with van der Waals surface area (Å²) in [6.45, 7) is 1.27. The van der Waals surface area contributed by atoms with Gasteiger partial charge in [0.05, 0.1) is 13.2 Å². The minimum atomic E-state index is -0.172. The number of amides is 2. The third-order valence-electron chi connectivity index (χ3n) is 6.26. The van der Waals surface area contributed by atoms with Crippen LogP contribution < -0.4 is 10.1 Å². The van der Waals surface area contributed by atoms with E-state index in [-0.39, 0.29) is 12.1 Å². The van der Waals surface area contributed by atoms with Gasteiger partial charge in [0.15, 0.2) is 0 Å². The molecule has 5 nitrogen and oxygen atoms in total. The molecule has 0 bridgehead atoms. The molecule has 0 fully saturated rings. The number of hydrogen-bond acceptors (Lipinski definition) is 2. The molecular weight excluding hydrogens is 398 g/mol. The summed E-state index contributed by atoms with van der Waals surface area (Å²) in [5.41, 5.74) is 5.80. The van der Waals surface area contributed by atoms with Gasteiger partial charge in [-0.05, 0) is 47.7 Å². The number of benzene rings is 3. The van der Waals surface area contributed by atoms with Gasteiger partial charge in [0.1, 0.15) is 5.75 Å². The number of para-hydroxylation sites is 1. The van der Waals surface area contributed by atoms with Crippen molar-refractivity contribution in [3.63, 3.8) is 0 Å². The maximum atomic E-state index is 13.3. The molecule has 0 saturated heterocycles. The van der Waals surface area contributed by atoms with Crippen molar-refractivity contribution >= 4 is 16.9 Å². The molecule has 0 spiro atoms. The average Bonchev–Trinajstić information content (AvgIpc) is 3.23. The second-order valence-electron chi connectivity index (χ2n) is 8.15. The molecule has 1 aliphatic heterocycles. The minimum absolute atomic E-state index is 0.0361. The Bertz CT molecular complexity index is 1210. The normalized spacial score (nSPS) is 15.4. The third kappa shape index (κ3) is 3.82. The lowest BCUT2D eigenvalue weighted by molar-refractivity contribution is 0.179. The lowest BCUT2D eigenvalue weighted by Gasteiger charge is -2.36. The summed E-state index contributed by atoms with van der Waals surface area (Å²) in [5, 5.41) is 4.38. The number of carbonyl (C=O) groups excluding carboxylic acids is 1. The lowest BCUT2D eigenvalue weighted by Crippen LogP contribution is -2.46. The Morgan fingerprint density at radius 1 is 1.03 bits per heavy atom. The molecule has 1 atom stereocenters. The zero-order valence-corrected chi connectivity index (χ0v) is 18.2. The number of fused-ring (bicyclic) bond motifs is 3. The largest absolute Gasteiger partial charge is 0.497 e. The SMILES string of the molecule is COc1ccc([C@H]2c3[nH]c4ccccc4c3CCN2C(=O)NCCc2ccccc2)cc1. The number of nitrogens with one attached hydrogen (secondary N) is 2. The van der Waals surface area contributed by atoms with E-state index in [1.807, 2.05) is 53.4 Å². The zero-order valence-electron chi connectivity index (χ0n) is 18.2. The van der Waals surface area contributed by atoms with Crippen LogP contribution in [0.25, 0.3) is 10.9 Å². The van der Waals surface area contributed by atoms with E-state index >= 15 is 0 Å². The highest BCUT2D eigenvalue weighted by Gasteiger charge is 2.34. The van der Waals surface area contributed by atoms with Crippen LogP contribution in [0.2, 0.25) is 0 Å².